The van der Waals surface area contributed by atoms with Crippen LogP contribution < -0.4 is 5.73 Å². The summed E-state index contributed by atoms with van der Waals surface area (Å²) < 4.78 is 32.9. The average molecular weight is 954 g/mol. The molecule has 10 heteroatoms. The molecule has 0 aromatic rings. The molecular formula is C56H108NO8P. The van der Waals surface area contributed by atoms with Gasteiger partial charge < -0.3 is 20.1 Å². The van der Waals surface area contributed by atoms with Crippen LogP contribution in [0.2, 0.25) is 0 Å². The second-order valence-electron chi connectivity index (χ2n) is 19.2. The van der Waals surface area contributed by atoms with Gasteiger partial charge >= 0.3 is 19.8 Å². The highest BCUT2D eigenvalue weighted by Crippen LogP contribution is 2.43. The van der Waals surface area contributed by atoms with Gasteiger partial charge in [-0.15, -0.1) is 0 Å². The fraction of sp³-hybridized carbons (Fsp3) is 0.893. The summed E-state index contributed by atoms with van der Waals surface area (Å²) in [5.41, 5.74) is 5.37. The molecular weight excluding hydrogens is 846 g/mol. The predicted octanol–water partition coefficient (Wildman–Crippen LogP) is 17.5. The third kappa shape index (κ3) is 51.9. The van der Waals surface area contributed by atoms with E-state index in [1.807, 2.05) is 0 Å². The Kier molecular flexibility index (Phi) is 51.6. The number of rotatable bonds is 54. The number of carbonyl (C=O) groups is 2. The maximum atomic E-state index is 12.7. The van der Waals surface area contributed by atoms with E-state index in [9.17, 15) is 19.0 Å². The van der Waals surface area contributed by atoms with Gasteiger partial charge in [0.05, 0.1) is 13.2 Å². The van der Waals surface area contributed by atoms with Crippen LogP contribution in [-0.2, 0) is 32.7 Å². The number of phosphoric acid groups is 1. The van der Waals surface area contributed by atoms with E-state index in [4.69, 9.17) is 24.3 Å². The van der Waals surface area contributed by atoms with E-state index in [0.29, 0.717) is 6.42 Å². The Hall–Kier alpha value is -1.51. The number of unbranched alkanes of at least 4 members (excludes halogenated alkanes) is 37. The first kappa shape index (κ1) is 64.5. The summed E-state index contributed by atoms with van der Waals surface area (Å²) in [4.78, 5) is 35.0. The van der Waals surface area contributed by atoms with E-state index in [2.05, 4.69) is 38.2 Å². The van der Waals surface area contributed by atoms with E-state index in [1.165, 1.54) is 218 Å². The molecule has 2 atom stereocenters. The van der Waals surface area contributed by atoms with Crippen LogP contribution in [-0.4, -0.2) is 49.3 Å². The zero-order valence-corrected chi connectivity index (χ0v) is 44.3. The molecule has 0 aliphatic carbocycles. The van der Waals surface area contributed by atoms with E-state index in [0.717, 1.165) is 38.5 Å². The Morgan fingerprint density at radius 1 is 0.455 bits per heavy atom. The quantitative estimate of drug-likeness (QED) is 0.0264. The summed E-state index contributed by atoms with van der Waals surface area (Å²) in [5, 5.41) is 0. The molecule has 0 aliphatic heterocycles. The third-order valence-electron chi connectivity index (χ3n) is 12.6. The Morgan fingerprint density at radius 2 is 0.788 bits per heavy atom. The summed E-state index contributed by atoms with van der Waals surface area (Å²) in [6.07, 6.45) is 61.1. The largest absolute Gasteiger partial charge is 0.472 e. The van der Waals surface area contributed by atoms with Gasteiger partial charge in [-0.05, 0) is 44.9 Å². The first-order valence-electron chi connectivity index (χ1n) is 28.3. The highest BCUT2D eigenvalue weighted by molar-refractivity contribution is 7.47. The fourth-order valence-electron chi connectivity index (χ4n) is 8.37. The molecule has 2 unspecified atom stereocenters. The molecule has 0 heterocycles. The number of hydrogen-bond donors (Lipinski definition) is 2. The zero-order valence-electron chi connectivity index (χ0n) is 43.5. The second-order valence-corrected chi connectivity index (χ2v) is 20.6. The van der Waals surface area contributed by atoms with E-state index >= 15 is 0 Å². The normalized spacial score (nSPS) is 13.2. The molecule has 0 saturated heterocycles. The highest BCUT2D eigenvalue weighted by Gasteiger charge is 2.26. The molecule has 390 valence electrons. The van der Waals surface area contributed by atoms with Crippen molar-refractivity contribution in [2.24, 2.45) is 5.73 Å². The smallest absolute Gasteiger partial charge is 0.462 e. The molecule has 0 rings (SSSR count). The van der Waals surface area contributed by atoms with Crippen molar-refractivity contribution in [3.05, 3.63) is 24.3 Å². The number of esters is 2. The van der Waals surface area contributed by atoms with Crippen LogP contribution in [0.3, 0.4) is 0 Å². The number of ether oxygens (including phenoxy) is 2. The van der Waals surface area contributed by atoms with E-state index in [1.54, 1.807) is 0 Å². The lowest BCUT2D eigenvalue weighted by Crippen LogP contribution is -2.29. The molecule has 0 spiro atoms. The fourth-order valence-corrected chi connectivity index (χ4v) is 9.14. The molecule has 0 radical (unpaired) electrons. The van der Waals surface area contributed by atoms with Crippen LogP contribution in [0.15, 0.2) is 24.3 Å². The Labute approximate surface area is 408 Å². The summed E-state index contributed by atoms with van der Waals surface area (Å²) in [7, 11) is -4.38. The van der Waals surface area contributed by atoms with Crippen molar-refractivity contribution in [1.82, 2.24) is 0 Å². The molecule has 9 nitrogen and oxygen atoms in total. The van der Waals surface area contributed by atoms with Crippen molar-refractivity contribution < 1.29 is 37.6 Å². The standard InChI is InChI=1S/C56H108NO8P/c1-3-5-7-9-11-13-15-17-18-19-20-21-22-23-24-25-26-27-28-29-30-31-32-33-34-35-36-37-39-41-43-45-47-49-56(59)65-54(53-64-66(60,61)63-51-50-57)52-62-55(58)48-46-44-42-40-38-16-14-12-10-8-6-4-2/h15,17,19-20,54H,3-14,16,18,21-53,57H2,1-2H3,(H,60,61)/b17-15-,20-19-. The SMILES string of the molecule is CCCCCCC/C=C\C/C=C\CCCCCCCCCCCCCCCCCCCCCCCC(=O)OC(COC(=O)CCCCCCCCCCCCCC)COP(=O)(O)OCCN. The maximum absolute atomic E-state index is 12.7. The van der Waals surface area contributed by atoms with Crippen molar-refractivity contribution in [3.63, 3.8) is 0 Å². The van der Waals surface area contributed by atoms with Crippen LogP contribution in [0.5, 0.6) is 0 Å². The summed E-state index contributed by atoms with van der Waals surface area (Å²) in [5.74, 6) is -0.812. The number of phosphoric ester groups is 1. The zero-order chi connectivity index (χ0) is 48.1. The topological polar surface area (TPSA) is 134 Å². The van der Waals surface area contributed by atoms with Crippen molar-refractivity contribution in [2.45, 2.75) is 296 Å². The van der Waals surface area contributed by atoms with Crippen LogP contribution >= 0.6 is 7.82 Å². The number of allylic oxidation sites excluding steroid dienone is 4. The monoisotopic (exact) mass is 954 g/mol. The van der Waals surface area contributed by atoms with Gasteiger partial charge in [0.1, 0.15) is 6.61 Å². The Bertz CT molecular complexity index is 1130. The molecule has 0 bridgehead atoms. The molecule has 0 saturated carbocycles. The van der Waals surface area contributed by atoms with Gasteiger partial charge in [0.2, 0.25) is 0 Å². The Morgan fingerprint density at radius 3 is 1.15 bits per heavy atom. The van der Waals surface area contributed by atoms with Crippen LogP contribution in [0.25, 0.3) is 0 Å². The van der Waals surface area contributed by atoms with Crippen LogP contribution in [0, 0.1) is 0 Å². The van der Waals surface area contributed by atoms with Gasteiger partial charge in [0, 0.05) is 19.4 Å². The molecule has 66 heavy (non-hydrogen) atoms. The second kappa shape index (κ2) is 52.9. The molecule has 0 aromatic carbocycles. The van der Waals surface area contributed by atoms with Gasteiger partial charge in [-0.25, -0.2) is 4.57 Å². The molecule has 0 aliphatic rings. The minimum Gasteiger partial charge on any atom is -0.462 e. The lowest BCUT2D eigenvalue weighted by atomic mass is 10.0. The summed E-state index contributed by atoms with van der Waals surface area (Å²) in [6.45, 7) is 3.77. The minimum absolute atomic E-state index is 0.0567. The van der Waals surface area contributed by atoms with Crippen LogP contribution in [0.1, 0.15) is 290 Å². The highest BCUT2D eigenvalue weighted by atomic mass is 31.2. The molecule has 0 fully saturated rings. The maximum Gasteiger partial charge on any atom is 0.472 e. The van der Waals surface area contributed by atoms with Crippen LogP contribution in [0.4, 0.5) is 0 Å². The number of hydrogen-bond acceptors (Lipinski definition) is 8. The lowest BCUT2D eigenvalue weighted by molar-refractivity contribution is -0.161. The van der Waals surface area contributed by atoms with Gasteiger partial charge in [0.25, 0.3) is 0 Å². The lowest BCUT2D eigenvalue weighted by Gasteiger charge is -2.19. The molecule has 3 N–H and O–H groups in total. The third-order valence-corrected chi connectivity index (χ3v) is 13.6. The van der Waals surface area contributed by atoms with Crippen molar-refractivity contribution in [1.29, 1.82) is 0 Å². The first-order valence-corrected chi connectivity index (χ1v) is 29.8. The van der Waals surface area contributed by atoms with Gasteiger partial charge in [0.15, 0.2) is 6.10 Å². The van der Waals surface area contributed by atoms with E-state index in [-0.39, 0.29) is 38.6 Å². The summed E-state index contributed by atoms with van der Waals surface area (Å²) >= 11 is 0. The van der Waals surface area contributed by atoms with Gasteiger partial charge in [-0.2, -0.15) is 0 Å². The van der Waals surface area contributed by atoms with E-state index < -0.39 is 26.5 Å². The number of carbonyl (C=O) groups excluding carboxylic acids is 2. The van der Waals surface area contributed by atoms with Crippen molar-refractivity contribution in [2.75, 3.05) is 26.4 Å². The molecule has 0 amide bonds. The summed E-state index contributed by atoms with van der Waals surface area (Å²) in [6, 6.07) is 0. The first-order chi connectivity index (χ1) is 32.3. The van der Waals surface area contributed by atoms with Gasteiger partial charge in [-0.1, -0.05) is 256 Å². The number of nitrogens with two attached hydrogens (primary N) is 1. The predicted molar refractivity (Wildman–Crippen MR) is 280 cm³/mol. The van der Waals surface area contributed by atoms with Crippen molar-refractivity contribution in [3.8, 4) is 0 Å². The van der Waals surface area contributed by atoms with Crippen molar-refractivity contribution >= 4 is 19.8 Å². The van der Waals surface area contributed by atoms with Gasteiger partial charge in [-0.3, -0.25) is 18.6 Å². The molecule has 0 aromatic heterocycles. The minimum atomic E-state index is -4.38. The average Bonchev–Trinajstić information content (AvgIpc) is 3.31. The Balaban J connectivity index is 3.81.